The molecule has 0 unspecified atom stereocenters. The lowest BCUT2D eigenvalue weighted by Crippen LogP contribution is -2.87. The predicted octanol–water partition coefficient (Wildman–Crippen LogP) is 3.39. The van der Waals surface area contributed by atoms with Gasteiger partial charge in [0.1, 0.15) is 6.04 Å². The maximum Gasteiger partial charge on any atom is 0.337 e. The summed E-state index contributed by atoms with van der Waals surface area (Å²) in [6.07, 6.45) is 1.00. The van der Waals surface area contributed by atoms with Crippen LogP contribution >= 0.6 is 11.3 Å². The zero-order valence-corrected chi connectivity index (χ0v) is 17.4. The second kappa shape index (κ2) is 10.0. The van der Waals surface area contributed by atoms with Crippen molar-refractivity contribution < 1.29 is 19.6 Å². The largest absolute Gasteiger partial charge is 0.465 e. The van der Waals surface area contributed by atoms with Crippen molar-refractivity contribution in [2.75, 3.05) is 19.0 Å². The summed E-state index contributed by atoms with van der Waals surface area (Å²) in [5.74, 6) is -0.494. The summed E-state index contributed by atoms with van der Waals surface area (Å²) in [6, 6.07) is 19.4. The first-order chi connectivity index (χ1) is 14.1. The number of rotatable bonds is 8. The van der Waals surface area contributed by atoms with Gasteiger partial charge >= 0.3 is 5.97 Å². The maximum absolute atomic E-state index is 12.5. The minimum Gasteiger partial charge on any atom is -0.465 e. The molecule has 0 saturated carbocycles. The maximum atomic E-state index is 12.5. The summed E-state index contributed by atoms with van der Waals surface area (Å²) < 4.78 is 4.68. The molecule has 5 nitrogen and oxygen atoms in total. The zero-order chi connectivity index (χ0) is 20.6. The quantitative estimate of drug-likeness (QED) is 0.560. The summed E-state index contributed by atoms with van der Waals surface area (Å²) in [5, 5.41) is 6.98. The van der Waals surface area contributed by atoms with Crippen molar-refractivity contribution in [3.8, 4) is 0 Å². The van der Waals surface area contributed by atoms with Crippen LogP contribution in [0.2, 0.25) is 0 Å². The molecule has 0 spiro atoms. The lowest BCUT2D eigenvalue weighted by atomic mass is 10.0. The Hall–Kier alpha value is -2.96. The number of nitrogens with two attached hydrogens (primary N) is 1. The number of esters is 1. The van der Waals surface area contributed by atoms with Crippen LogP contribution in [0.15, 0.2) is 66.0 Å². The molecule has 0 aliphatic carbocycles. The molecule has 0 bridgehead atoms. The van der Waals surface area contributed by atoms with Crippen LogP contribution in [-0.2, 0) is 16.0 Å². The third kappa shape index (κ3) is 5.53. The van der Waals surface area contributed by atoms with Crippen molar-refractivity contribution in [1.82, 2.24) is 0 Å². The van der Waals surface area contributed by atoms with E-state index in [-0.39, 0.29) is 18.5 Å². The number of quaternary nitrogens is 1. The minimum atomic E-state index is -0.399. The molecule has 2 aromatic carbocycles. The Labute approximate surface area is 174 Å². The molecular weight excluding hydrogens is 384 g/mol. The number of nitrogens with one attached hydrogen (secondary N) is 1. The molecule has 3 aromatic rings. The summed E-state index contributed by atoms with van der Waals surface area (Å²) >= 11 is 1.69. The number of hydrogen-bond donors (Lipinski definition) is 2. The van der Waals surface area contributed by atoms with Crippen molar-refractivity contribution in [2.45, 2.75) is 19.4 Å². The topological polar surface area (TPSA) is 72.0 Å². The lowest BCUT2D eigenvalue weighted by molar-refractivity contribution is -0.675. The van der Waals surface area contributed by atoms with E-state index < -0.39 is 5.97 Å². The van der Waals surface area contributed by atoms with E-state index in [9.17, 15) is 9.59 Å². The number of anilines is 1. The van der Waals surface area contributed by atoms with Crippen molar-refractivity contribution >= 4 is 28.9 Å². The van der Waals surface area contributed by atoms with Gasteiger partial charge in [0.2, 0.25) is 0 Å². The monoisotopic (exact) mass is 409 g/mol. The number of amides is 1. The number of carbonyl (C=O) groups is 2. The highest BCUT2D eigenvalue weighted by atomic mass is 32.1. The van der Waals surface area contributed by atoms with Gasteiger partial charge < -0.3 is 15.4 Å². The number of thiophene rings is 1. The summed E-state index contributed by atoms with van der Waals surface area (Å²) in [4.78, 5) is 25.2. The molecule has 1 aromatic heterocycles. The van der Waals surface area contributed by atoms with Gasteiger partial charge in [-0.3, -0.25) is 4.79 Å². The smallest absolute Gasteiger partial charge is 0.337 e. The standard InChI is InChI=1S/C23H24N2O3S/c1-3-16-6-8-17(9-7-16)22(20-5-4-14-29-20)24-15-21(26)25-19-12-10-18(11-13-19)23(27)28-2/h4-14,22,24H,3,15H2,1-2H3,(H,25,26)/p+1/t22-/m0/s1. The van der Waals surface area contributed by atoms with E-state index >= 15 is 0 Å². The normalized spacial score (nSPS) is 11.7. The molecule has 0 fully saturated rings. The Morgan fingerprint density at radius 1 is 1.07 bits per heavy atom. The molecule has 3 rings (SSSR count). The number of ether oxygens (including phenoxy) is 1. The SMILES string of the molecule is CCc1ccc([C@H]([NH2+]CC(=O)Nc2ccc(C(=O)OC)cc2)c2cccs2)cc1. The molecule has 6 heteroatoms. The van der Waals surface area contributed by atoms with Gasteiger partial charge in [-0.2, -0.15) is 0 Å². The fourth-order valence-electron chi connectivity index (χ4n) is 3.09. The zero-order valence-electron chi connectivity index (χ0n) is 16.6. The minimum absolute atomic E-state index is 0.0772. The molecule has 1 amide bonds. The van der Waals surface area contributed by atoms with Crippen molar-refractivity contribution in [1.29, 1.82) is 0 Å². The highest BCUT2D eigenvalue weighted by molar-refractivity contribution is 7.10. The van der Waals surface area contributed by atoms with Gasteiger partial charge in [-0.25, -0.2) is 4.79 Å². The van der Waals surface area contributed by atoms with Gasteiger partial charge in [0.25, 0.3) is 5.91 Å². The molecule has 0 aliphatic rings. The van der Waals surface area contributed by atoms with Crippen molar-refractivity contribution in [3.63, 3.8) is 0 Å². The number of carbonyl (C=O) groups excluding carboxylic acids is 2. The van der Waals surface area contributed by atoms with E-state index in [0.29, 0.717) is 11.3 Å². The average molecular weight is 410 g/mol. The third-order valence-electron chi connectivity index (χ3n) is 4.73. The van der Waals surface area contributed by atoms with Gasteiger partial charge in [-0.1, -0.05) is 37.3 Å². The molecule has 29 heavy (non-hydrogen) atoms. The van der Waals surface area contributed by atoms with Crippen LogP contribution < -0.4 is 10.6 Å². The van der Waals surface area contributed by atoms with Crippen LogP contribution in [-0.4, -0.2) is 25.5 Å². The first kappa shape index (κ1) is 20.8. The van der Waals surface area contributed by atoms with E-state index in [2.05, 4.69) is 52.7 Å². The molecular formula is C23H25N2O3S+. The Bertz CT molecular complexity index is 935. The van der Waals surface area contributed by atoms with Crippen molar-refractivity contribution in [2.24, 2.45) is 0 Å². The van der Waals surface area contributed by atoms with Gasteiger partial charge in [0.05, 0.1) is 17.6 Å². The van der Waals surface area contributed by atoms with Crippen LogP contribution in [0.5, 0.6) is 0 Å². The van der Waals surface area contributed by atoms with Crippen LogP contribution in [0.4, 0.5) is 5.69 Å². The highest BCUT2D eigenvalue weighted by Gasteiger charge is 2.20. The summed E-state index contributed by atoms with van der Waals surface area (Å²) in [6.45, 7) is 2.43. The number of benzene rings is 2. The number of aryl methyl sites for hydroxylation is 1. The Kier molecular flexibility index (Phi) is 7.16. The van der Waals surface area contributed by atoms with Crippen LogP contribution in [0.25, 0.3) is 0 Å². The van der Waals surface area contributed by atoms with E-state index in [0.717, 1.165) is 6.42 Å². The van der Waals surface area contributed by atoms with Gasteiger partial charge in [-0.05, 0) is 47.7 Å². The summed E-state index contributed by atoms with van der Waals surface area (Å²) in [7, 11) is 1.34. The second-order valence-electron chi connectivity index (χ2n) is 6.65. The molecule has 1 heterocycles. The summed E-state index contributed by atoms with van der Waals surface area (Å²) in [5.41, 5.74) is 3.58. The van der Waals surface area contributed by atoms with Gasteiger partial charge in [0, 0.05) is 11.3 Å². The molecule has 0 aliphatic heterocycles. The number of hydrogen-bond acceptors (Lipinski definition) is 4. The fourth-order valence-corrected chi connectivity index (χ4v) is 3.94. The van der Waals surface area contributed by atoms with Crippen molar-refractivity contribution in [3.05, 3.63) is 87.6 Å². The highest BCUT2D eigenvalue weighted by Crippen LogP contribution is 2.23. The molecule has 0 saturated heterocycles. The second-order valence-corrected chi connectivity index (χ2v) is 7.62. The van der Waals surface area contributed by atoms with E-state index in [4.69, 9.17) is 0 Å². The molecule has 1 atom stereocenters. The molecule has 3 N–H and O–H groups in total. The average Bonchev–Trinajstić information content (AvgIpc) is 3.29. The molecule has 0 radical (unpaired) electrons. The van der Waals surface area contributed by atoms with Gasteiger partial charge in [-0.15, -0.1) is 11.3 Å². The van der Waals surface area contributed by atoms with Crippen LogP contribution in [0, 0.1) is 0 Å². The van der Waals surface area contributed by atoms with Crippen LogP contribution in [0.1, 0.15) is 39.3 Å². The van der Waals surface area contributed by atoms with E-state index in [1.165, 1.54) is 23.1 Å². The Morgan fingerprint density at radius 3 is 2.38 bits per heavy atom. The lowest BCUT2D eigenvalue weighted by Gasteiger charge is -2.15. The van der Waals surface area contributed by atoms with E-state index in [1.54, 1.807) is 35.6 Å². The number of methoxy groups -OCH3 is 1. The molecule has 150 valence electrons. The predicted molar refractivity (Wildman–Crippen MR) is 115 cm³/mol. The Balaban J connectivity index is 1.64. The van der Waals surface area contributed by atoms with Gasteiger partial charge in [0.15, 0.2) is 6.54 Å². The van der Waals surface area contributed by atoms with E-state index in [1.807, 2.05) is 11.4 Å². The third-order valence-corrected chi connectivity index (χ3v) is 5.68. The fraction of sp³-hybridized carbons (Fsp3) is 0.217. The first-order valence-electron chi connectivity index (χ1n) is 9.54. The Morgan fingerprint density at radius 2 is 1.79 bits per heavy atom. The first-order valence-corrected chi connectivity index (χ1v) is 10.4. The van der Waals surface area contributed by atoms with Crippen LogP contribution in [0.3, 0.4) is 0 Å².